The molecule has 0 aliphatic carbocycles. The summed E-state index contributed by atoms with van der Waals surface area (Å²) in [6.45, 7) is 4.11. The van der Waals surface area contributed by atoms with Crippen molar-refractivity contribution in [1.82, 2.24) is 0 Å². The molecule has 0 saturated carbocycles. The van der Waals surface area contributed by atoms with Crippen molar-refractivity contribution in [3.05, 3.63) is 23.8 Å². The van der Waals surface area contributed by atoms with Crippen molar-refractivity contribution in [2.75, 3.05) is 24.7 Å². The highest BCUT2D eigenvalue weighted by Gasteiger charge is 2.14. The fourth-order valence-electron chi connectivity index (χ4n) is 1.40. The van der Waals surface area contributed by atoms with Crippen molar-refractivity contribution in [2.45, 2.75) is 18.7 Å². The zero-order chi connectivity index (χ0) is 14.3. The van der Waals surface area contributed by atoms with Crippen LogP contribution in [-0.4, -0.2) is 30.9 Å². The maximum atomic E-state index is 11.7. The van der Waals surface area contributed by atoms with Gasteiger partial charge in [-0.05, 0) is 26.0 Å². The van der Waals surface area contributed by atoms with Gasteiger partial charge in [0.15, 0.2) is 0 Å². The van der Waals surface area contributed by atoms with Gasteiger partial charge in [-0.25, -0.2) is 4.79 Å². The van der Waals surface area contributed by atoms with Gasteiger partial charge in [0.2, 0.25) is 0 Å². The number of nitrogens with two attached hydrogens (primary N) is 1. The number of hydrogen-bond donors (Lipinski definition) is 1. The second-order valence-electron chi connectivity index (χ2n) is 3.53. The number of carbonyl (C=O) groups excluding carboxylic acids is 2. The van der Waals surface area contributed by atoms with Crippen LogP contribution in [0, 0.1) is 0 Å². The topological polar surface area (TPSA) is 78.6 Å². The summed E-state index contributed by atoms with van der Waals surface area (Å²) in [5.74, 6) is -0.614. The molecule has 0 aliphatic rings. The fraction of sp³-hybridized carbons (Fsp3) is 0.385. The molecule has 0 amide bonds. The molecule has 0 unspecified atom stereocenters. The molecule has 0 fully saturated rings. The Morgan fingerprint density at radius 3 is 2.53 bits per heavy atom. The van der Waals surface area contributed by atoms with E-state index in [2.05, 4.69) is 0 Å². The fourth-order valence-corrected chi connectivity index (χ4v) is 2.19. The van der Waals surface area contributed by atoms with E-state index in [1.807, 2.05) is 0 Å². The van der Waals surface area contributed by atoms with Gasteiger partial charge in [0.05, 0.1) is 30.2 Å². The predicted molar refractivity (Wildman–Crippen MR) is 74.2 cm³/mol. The van der Waals surface area contributed by atoms with Crippen molar-refractivity contribution < 1.29 is 19.1 Å². The van der Waals surface area contributed by atoms with E-state index in [0.29, 0.717) is 29.4 Å². The van der Waals surface area contributed by atoms with Gasteiger partial charge < -0.3 is 15.2 Å². The van der Waals surface area contributed by atoms with E-state index >= 15 is 0 Å². The summed E-state index contributed by atoms with van der Waals surface area (Å²) in [6.07, 6.45) is 0. The lowest BCUT2D eigenvalue weighted by atomic mass is 10.2. The highest BCUT2D eigenvalue weighted by atomic mass is 32.2. The molecule has 19 heavy (non-hydrogen) atoms. The largest absolute Gasteiger partial charge is 0.465 e. The summed E-state index contributed by atoms with van der Waals surface area (Å²) < 4.78 is 9.74. The Balaban J connectivity index is 2.77. The van der Waals surface area contributed by atoms with Crippen LogP contribution in [0.1, 0.15) is 24.2 Å². The standard InChI is InChI=1S/C13H17NO4S/c1-3-17-11(15)8-19-10-7-5-6-9(12(10)14)13(16)18-4-2/h5-7H,3-4,8,14H2,1-2H3. The first-order valence-corrected chi connectivity index (χ1v) is 6.92. The highest BCUT2D eigenvalue weighted by molar-refractivity contribution is 8.00. The molecule has 1 aromatic carbocycles. The Hall–Kier alpha value is -1.69. The zero-order valence-corrected chi connectivity index (χ0v) is 11.8. The molecular formula is C13H17NO4S. The monoisotopic (exact) mass is 283 g/mol. The molecule has 104 valence electrons. The second kappa shape index (κ2) is 7.68. The molecule has 5 nitrogen and oxygen atoms in total. The Morgan fingerprint density at radius 1 is 1.21 bits per heavy atom. The van der Waals surface area contributed by atoms with Crippen molar-refractivity contribution in [3.8, 4) is 0 Å². The number of rotatable bonds is 6. The molecule has 6 heteroatoms. The Labute approximate surface area is 116 Å². The van der Waals surface area contributed by atoms with Gasteiger partial charge in [0, 0.05) is 4.90 Å². The van der Waals surface area contributed by atoms with Crippen molar-refractivity contribution in [1.29, 1.82) is 0 Å². The average Bonchev–Trinajstić information content (AvgIpc) is 2.38. The summed E-state index contributed by atoms with van der Waals surface area (Å²) in [5.41, 5.74) is 6.55. The zero-order valence-electron chi connectivity index (χ0n) is 11.0. The summed E-state index contributed by atoms with van der Waals surface area (Å²) in [7, 11) is 0. The van der Waals surface area contributed by atoms with Crippen molar-refractivity contribution in [3.63, 3.8) is 0 Å². The van der Waals surface area contributed by atoms with Gasteiger partial charge in [0.25, 0.3) is 0 Å². The number of ether oxygens (including phenoxy) is 2. The third-order valence-corrected chi connectivity index (χ3v) is 3.26. The quantitative estimate of drug-likeness (QED) is 0.489. The molecule has 0 aromatic heterocycles. The first-order valence-electron chi connectivity index (χ1n) is 5.94. The number of benzene rings is 1. The second-order valence-corrected chi connectivity index (χ2v) is 4.55. The molecule has 0 spiro atoms. The molecule has 2 N–H and O–H groups in total. The summed E-state index contributed by atoms with van der Waals surface area (Å²) in [4.78, 5) is 23.6. The van der Waals surface area contributed by atoms with E-state index in [1.165, 1.54) is 11.8 Å². The van der Waals surface area contributed by atoms with Gasteiger partial charge in [-0.1, -0.05) is 6.07 Å². The maximum absolute atomic E-state index is 11.7. The van der Waals surface area contributed by atoms with Gasteiger partial charge in [0.1, 0.15) is 0 Å². The molecule has 0 heterocycles. The van der Waals surface area contributed by atoms with Gasteiger partial charge in [-0.15, -0.1) is 11.8 Å². The first-order chi connectivity index (χ1) is 9.10. The van der Waals surface area contributed by atoms with E-state index in [0.717, 1.165) is 0 Å². The highest BCUT2D eigenvalue weighted by Crippen LogP contribution is 2.28. The number of para-hydroxylation sites is 1. The summed E-state index contributed by atoms with van der Waals surface area (Å²) in [6, 6.07) is 5.06. The minimum absolute atomic E-state index is 0.157. The molecule has 0 saturated heterocycles. The number of anilines is 1. The molecule has 0 bridgehead atoms. The SMILES string of the molecule is CCOC(=O)CSc1cccc(C(=O)OCC)c1N. The number of nitrogen functional groups attached to an aromatic ring is 1. The van der Waals surface area contributed by atoms with Crippen LogP contribution in [0.15, 0.2) is 23.1 Å². The van der Waals surface area contributed by atoms with E-state index in [4.69, 9.17) is 15.2 Å². The molecule has 1 rings (SSSR count). The molecule has 0 radical (unpaired) electrons. The maximum Gasteiger partial charge on any atom is 0.340 e. The van der Waals surface area contributed by atoms with E-state index in [1.54, 1.807) is 32.0 Å². The lowest BCUT2D eigenvalue weighted by Gasteiger charge is -2.09. The Kier molecular flexibility index (Phi) is 6.21. The molecular weight excluding hydrogens is 266 g/mol. The Bertz CT molecular complexity index is 462. The van der Waals surface area contributed by atoms with Crippen LogP contribution in [-0.2, 0) is 14.3 Å². The van der Waals surface area contributed by atoms with Gasteiger partial charge in [-0.2, -0.15) is 0 Å². The van der Waals surface area contributed by atoms with E-state index < -0.39 is 5.97 Å². The molecule has 1 aromatic rings. The predicted octanol–water partition coefficient (Wildman–Crippen LogP) is 2.10. The van der Waals surface area contributed by atoms with Gasteiger partial charge >= 0.3 is 11.9 Å². The smallest absolute Gasteiger partial charge is 0.340 e. The van der Waals surface area contributed by atoms with E-state index in [-0.39, 0.29) is 11.7 Å². The Morgan fingerprint density at radius 2 is 1.89 bits per heavy atom. The molecule has 0 aliphatic heterocycles. The first kappa shape index (κ1) is 15.4. The lowest BCUT2D eigenvalue weighted by molar-refractivity contribution is -0.139. The van der Waals surface area contributed by atoms with E-state index in [9.17, 15) is 9.59 Å². The van der Waals surface area contributed by atoms with Crippen LogP contribution < -0.4 is 5.73 Å². The number of esters is 2. The number of carbonyl (C=O) groups is 2. The minimum Gasteiger partial charge on any atom is -0.465 e. The van der Waals surface area contributed by atoms with Gasteiger partial charge in [-0.3, -0.25) is 4.79 Å². The van der Waals surface area contributed by atoms with Crippen LogP contribution in [0.25, 0.3) is 0 Å². The van der Waals surface area contributed by atoms with Crippen LogP contribution in [0.5, 0.6) is 0 Å². The van der Waals surface area contributed by atoms with Crippen LogP contribution >= 0.6 is 11.8 Å². The lowest BCUT2D eigenvalue weighted by Crippen LogP contribution is -2.10. The van der Waals surface area contributed by atoms with Crippen molar-refractivity contribution >= 4 is 29.4 Å². The summed E-state index contributed by atoms with van der Waals surface area (Å²) in [5, 5.41) is 0. The number of thioether (sulfide) groups is 1. The van der Waals surface area contributed by atoms with Crippen LogP contribution in [0.2, 0.25) is 0 Å². The normalized spacial score (nSPS) is 10.0. The minimum atomic E-state index is -0.460. The third-order valence-electron chi connectivity index (χ3n) is 2.21. The van der Waals surface area contributed by atoms with Crippen LogP contribution in [0.4, 0.5) is 5.69 Å². The number of hydrogen-bond acceptors (Lipinski definition) is 6. The van der Waals surface area contributed by atoms with Crippen molar-refractivity contribution in [2.24, 2.45) is 0 Å². The molecule has 0 atom stereocenters. The third kappa shape index (κ3) is 4.48. The van der Waals surface area contributed by atoms with Crippen LogP contribution in [0.3, 0.4) is 0 Å². The summed E-state index contributed by atoms with van der Waals surface area (Å²) >= 11 is 1.24. The average molecular weight is 283 g/mol.